The van der Waals surface area contributed by atoms with Crippen LogP contribution in [0, 0.1) is 0 Å². The Labute approximate surface area is 104 Å². The molecule has 0 saturated heterocycles. The number of carbonyl (C=O) groups excluding carboxylic acids is 1. The molecule has 0 aliphatic carbocycles. The molecule has 6 heteroatoms. The summed E-state index contributed by atoms with van der Waals surface area (Å²) in [5.41, 5.74) is 2.58. The molecule has 2 rings (SSSR count). The van der Waals surface area contributed by atoms with Crippen molar-refractivity contribution in [2.45, 2.75) is 19.1 Å². The molecular weight excluding hydrogens is 236 g/mol. The second-order valence-electron chi connectivity index (χ2n) is 4.13. The Bertz CT molecular complexity index is 487. The van der Waals surface area contributed by atoms with Gasteiger partial charge >= 0.3 is 5.97 Å². The van der Waals surface area contributed by atoms with Crippen molar-refractivity contribution in [1.29, 1.82) is 0 Å². The van der Waals surface area contributed by atoms with Crippen molar-refractivity contribution in [1.82, 2.24) is 10.6 Å². The summed E-state index contributed by atoms with van der Waals surface area (Å²) in [4.78, 5) is 22.5. The van der Waals surface area contributed by atoms with E-state index in [1.807, 2.05) is 6.07 Å². The van der Waals surface area contributed by atoms with Gasteiger partial charge in [-0.2, -0.15) is 0 Å². The molecule has 0 fully saturated rings. The van der Waals surface area contributed by atoms with Gasteiger partial charge in [0.25, 0.3) is 5.91 Å². The average molecular weight is 250 g/mol. The van der Waals surface area contributed by atoms with Gasteiger partial charge in [0.2, 0.25) is 0 Å². The van der Waals surface area contributed by atoms with E-state index in [0.717, 1.165) is 17.7 Å². The fourth-order valence-electron chi connectivity index (χ4n) is 1.86. The van der Waals surface area contributed by atoms with E-state index in [9.17, 15) is 9.59 Å². The predicted octanol–water partition coefficient (Wildman–Crippen LogP) is -0.535. The molecule has 1 aliphatic rings. The van der Waals surface area contributed by atoms with E-state index >= 15 is 0 Å². The number of fused-ring (bicyclic) bond motifs is 1. The van der Waals surface area contributed by atoms with Crippen molar-refractivity contribution in [3.63, 3.8) is 0 Å². The highest BCUT2D eigenvalue weighted by Gasteiger charge is 2.20. The van der Waals surface area contributed by atoms with Gasteiger partial charge in [0, 0.05) is 18.7 Å². The van der Waals surface area contributed by atoms with Crippen molar-refractivity contribution in [3.8, 4) is 0 Å². The van der Waals surface area contributed by atoms with E-state index < -0.39 is 24.5 Å². The monoisotopic (exact) mass is 250 g/mol. The zero-order chi connectivity index (χ0) is 13.1. The number of carboxylic acid groups (broad SMARTS) is 1. The van der Waals surface area contributed by atoms with Gasteiger partial charge in [-0.3, -0.25) is 4.79 Å². The molecule has 1 atom stereocenters. The van der Waals surface area contributed by atoms with E-state index in [2.05, 4.69) is 10.6 Å². The highest BCUT2D eigenvalue weighted by molar-refractivity contribution is 5.96. The smallest absolute Gasteiger partial charge is 0.328 e. The summed E-state index contributed by atoms with van der Waals surface area (Å²) in [5.74, 6) is -1.75. The molecule has 0 spiro atoms. The number of aliphatic hydroxyl groups is 1. The van der Waals surface area contributed by atoms with Gasteiger partial charge in [0.05, 0.1) is 6.61 Å². The molecule has 1 unspecified atom stereocenters. The number of aliphatic carboxylic acids is 1. The van der Waals surface area contributed by atoms with Crippen LogP contribution in [0.3, 0.4) is 0 Å². The Hall–Kier alpha value is -1.92. The molecule has 6 nitrogen and oxygen atoms in total. The first kappa shape index (κ1) is 12.5. The number of nitrogens with one attached hydrogen (secondary N) is 2. The molecular formula is C12H14N2O4. The minimum absolute atomic E-state index is 0.400. The first-order valence-corrected chi connectivity index (χ1v) is 5.59. The van der Waals surface area contributed by atoms with E-state index in [-0.39, 0.29) is 0 Å². The Balaban J connectivity index is 2.12. The van der Waals surface area contributed by atoms with Crippen LogP contribution in [0.5, 0.6) is 0 Å². The van der Waals surface area contributed by atoms with Crippen molar-refractivity contribution >= 4 is 11.9 Å². The van der Waals surface area contributed by atoms with Gasteiger partial charge < -0.3 is 20.8 Å². The fourth-order valence-corrected chi connectivity index (χ4v) is 1.86. The standard InChI is InChI=1S/C12H14N2O4/c15-6-10(12(17)18)14-11(16)7-1-2-8-4-13-5-9(8)3-7/h1-3,10,13,15H,4-6H2,(H,14,16)(H,17,18). The van der Waals surface area contributed by atoms with Crippen LogP contribution < -0.4 is 10.6 Å². The summed E-state index contributed by atoms with van der Waals surface area (Å²) in [7, 11) is 0. The average Bonchev–Trinajstić information content (AvgIpc) is 2.82. The van der Waals surface area contributed by atoms with Gasteiger partial charge in [0.15, 0.2) is 6.04 Å². The van der Waals surface area contributed by atoms with Crippen LogP contribution in [0.2, 0.25) is 0 Å². The summed E-state index contributed by atoms with van der Waals surface area (Å²) in [5, 5.41) is 23.0. The van der Waals surface area contributed by atoms with Crippen LogP contribution in [-0.2, 0) is 17.9 Å². The zero-order valence-corrected chi connectivity index (χ0v) is 9.64. The third-order valence-electron chi connectivity index (χ3n) is 2.89. The second kappa shape index (κ2) is 5.16. The first-order chi connectivity index (χ1) is 8.61. The summed E-state index contributed by atoms with van der Waals surface area (Å²) >= 11 is 0. The number of carboxylic acids is 1. The normalized spacial score (nSPS) is 14.9. The number of hydrogen-bond acceptors (Lipinski definition) is 4. The maximum absolute atomic E-state index is 11.8. The summed E-state index contributed by atoms with van der Waals surface area (Å²) in [6.07, 6.45) is 0. The lowest BCUT2D eigenvalue weighted by Gasteiger charge is -2.12. The number of rotatable bonds is 4. The van der Waals surface area contributed by atoms with Crippen molar-refractivity contribution in [2.24, 2.45) is 0 Å². The van der Waals surface area contributed by atoms with Crippen LogP contribution >= 0.6 is 0 Å². The van der Waals surface area contributed by atoms with Gasteiger partial charge in [0.1, 0.15) is 0 Å². The van der Waals surface area contributed by atoms with Crippen LogP contribution in [-0.4, -0.2) is 34.7 Å². The Kier molecular flexibility index (Phi) is 3.59. The molecule has 4 N–H and O–H groups in total. The number of hydrogen-bond donors (Lipinski definition) is 4. The summed E-state index contributed by atoms with van der Waals surface area (Å²) in [6, 6.07) is 3.96. The summed E-state index contributed by atoms with van der Waals surface area (Å²) < 4.78 is 0. The molecule has 1 aliphatic heterocycles. The SMILES string of the molecule is O=C(NC(CO)C(=O)O)c1ccc2c(c1)CNC2. The Morgan fingerprint density at radius 3 is 2.72 bits per heavy atom. The molecule has 18 heavy (non-hydrogen) atoms. The van der Waals surface area contributed by atoms with E-state index in [0.29, 0.717) is 12.1 Å². The molecule has 0 aromatic heterocycles. The second-order valence-corrected chi connectivity index (χ2v) is 4.13. The fraction of sp³-hybridized carbons (Fsp3) is 0.333. The largest absolute Gasteiger partial charge is 0.480 e. The molecule has 1 heterocycles. The molecule has 0 saturated carbocycles. The van der Waals surface area contributed by atoms with Crippen LogP contribution in [0.25, 0.3) is 0 Å². The van der Waals surface area contributed by atoms with Crippen molar-refractivity contribution in [2.75, 3.05) is 6.61 Å². The van der Waals surface area contributed by atoms with Crippen LogP contribution in [0.1, 0.15) is 21.5 Å². The van der Waals surface area contributed by atoms with Crippen molar-refractivity contribution < 1.29 is 19.8 Å². The Morgan fingerprint density at radius 2 is 2.06 bits per heavy atom. The number of amides is 1. The zero-order valence-electron chi connectivity index (χ0n) is 9.64. The quantitative estimate of drug-likeness (QED) is 0.575. The number of carbonyl (C=O) groups is 2. The highest BCUT2D eigenvalue weighted by atomic mass is 16.4. The van der Waals surface area contributed by atoms with E-state index in [1.54, 1.807) is 12.1 Å². The van der Waals surface area contributed by atoms with Gasteiger partial charge in [-0.15, -0.1) is 0 Å². The number of aliphatic hydroxyl groups excluding tert-OH is 1. The topological polar surface area (TPSA) is 98.7 Å². The predicted molar refractivity (Wildman–Crippen MR) is 63.0 cm³/mol. The van der Waals surface area contributed by atoms with Gasteiger partial charge in [-0.1, -0.05) is 6.07 Å². The molecule has 96 valence electrons. The molecule has 1 aromatic carbocycles. The first-order valence-electron chi connectivity index (χ1n) is 5.59. The van der Waals surface area contributed by atoms with E-state index in [4.69, 9.17) is 10.2 Å². The van der Waals surface area contributed by atoms with Crippen LogP contribution in [0.4, 0.5) is 0 Å². The van der Waals surface area contributed by atoms with E-state index in [1.165, 1.54) is 0 Å². The lowest BCUT2D eigenvalue weighted by atomic mass is 10.1. The third kappa shape index (κ3) is 2.49. The molecule has 0 bridgehead atoms. The minimum Gasteiger partial charge on any atom is -0.480 e. The maximum atomic E-state index is 11.8. The van der Waals surface area contributed by atoms with Gasteiger partial charge in [-0.05, 0) is 23.3 Å². The molecule has 0 radical (unpaired) electrons. The number of benzene rings is 1. The molecule has 1 aromatic rings. The lowest BCUT2D eigenvalue weighted by molar-refractivity contribution is -0.140. The molecule has 1 amide bonds. The highest BCUT2D eigenvalue weighted by Crippen LogP contribution is 2.17. The maximum Gasteiger partial charge on any atom is 0.328 e. The minimum atomic E-state index is -1.27. The van der Waals surface area contributed by atoms with Crippen molar-refractivity contribution in [3.05, 3.63) is 34.9 Å². The van der Waals surface area contributed by atoms with Gasteiger partial charge in [-0.25, -0.2) is 4.79 Å². The third-order valence-corrected chi connectivity index (χ3v) is 2.89. The Morgan fingerprint density at radius 1 is 1.33 bits per heavy atom. The van der Waals surface area contributed by atoms with Crippen LogP contribution in [0.15, 0.2) is 18.2 Å². The lowest BCUT2D eigenvalue weighted by Crippen LogP contribution is -2.43. The summed E-state index contributed by atoms with van der Waals surface area (Å²) in [6.45, 7) is 0.859.